The number of pyridine rings is 1. The van der Waals surface area contributed by atoms with Gasteiger partial charge in [0.05, 0.1) is 12.8 Å². The fourth-order valence-electron chi connectivity index (χ4n) is 1.53. The molecule has 88 valence electrons. The van der Waals surface area contributed by atoms with Crippen molar-refractivity contribution in [2.75, 3.05) is 18.2 Å². The van der Waals surface area contributed by atoms with Crippen molar-refractivity contribution >= 4 is 17.2 Å². The van der Waals surface area contributed by atoms with Crippen LogP contribution in [-0.4, -0.2) is 12.1 Å². The van der Waals surface area contributed by atoms with E-state index in [0.717, 1.165) is 5.69 Å². The molecule has 0 saturated carbocycles. The summed E-state index contributed by atoms with van der Waals surface area (Å²) in [6.45, 7) is 2.04. The van der Waals surface area contributed by atoms with Gasteiger partial charge in [0.1, 0.15) is 0 Å². The number of aryl methyl sites for hydroxylation is 1. The number of methoxy groups -OCH3 is 1. The maximum atomic E-state index is 5.85. The average Bonchev–Trinajstić information content (AvgIpc) is 2.32. The Labute approximate surface area is 100 Å². The molecular formula is C13H15N3O. The predicted molar refractivity (Wildman–Crippen MR) is 69.7 cm³/mol. The van der Waals surface area contributed by atoms with Gasteiger partial charge < -0.3 is 15.8 Å². The van der Waals surface area contributed by atoms with E-state index in [2.05, 4.69) is 10.3 Å². The van der Waals surface area contributed by atoms with Crippen LogP contribution in [0, 0.1) is 6.92 Å². The van der Waals surface area contributed by atoms with Crippen LogP contribution in [0.2, 0.25) is 0 Å². The first kappa shape index (κ1) is 11.3. The average molecular weight is 229 g/mol. The van der Waals surface area contributed by atoms with E-state index in [9.17, 15) is 0 Å². The topological polar surface area (TPSA) is 60.2 Å². The van der Waals surface area contributed by atoms with Gasteiger partial charge in [-0.05, 0) is 30.7 Å². The van der Waals surface area contributed by atoms with Crippen LogP contribution in [0.3, 0.4) is 0 Å². The van der Waals surface area contributed by atoms with E-state index in [1.165, 1.54) is 5.56 Å². The Bertz CT molecular complexity index is 526. The maximum absolute atomic E-state index is 5.85. The summed E-state index contributed by atoms with van der Waals surface area (Å²) in [7, 11) is 1.58. The van der Waals surface area contributed by atoms with E-state index >= 15 is 0 Å². The number of nitrogens with zero attached hydrogens (tertiary/aromatic N) is 1. The summed E-state index contributed by atoms with van der Waals surface area (Å²) < 4.78 is 5.06. The number of nitrogens with one attached hydrogen (secondary N) is 1. The summed E-state index contributed by atoms with van der Waals surface area (Å²) in [6.07, 6.45) is 0. The lowest BCUT2D eigenvalue weighted by Gasteiger charge is -2.10. The highest BCUT2D eigenvalue weighted by Crippen LogP contribution is 2.23. The zero-order valence-electron chi connectivity index (χ0n) is 9.90. The van der Waals surface area contributed by atoms with Crippen LogP contribution in [0.1, 0.15) is 5.56 Å². The molecule has 0 aliphatic carbocycles. The molecule has 0 spiro atoms. The summed E-state index contributed by atoms with van der Waals surface area (Å²) >= 11 is 0. The molecule has 1 aromatic heterocycles. The Morgan fingerprint density at radius 1 is 1.24 bits per heavy atom. The van der Waals surface area contributed by atoms with Crippen molar-refractivity contribution in [1.29, 1.82) is 0 Å². The zero-order chi connectivity index (χ0) is 12.3. The zero-order valence-corrected chi connectivity index (χ0v) is 9.90. The van der Waals surface area contributed by atoms with Crippen LogP contribution < -0.4 is 15.8 Å². The Morgan fingerprint density at radius 3 is 2.76 bits per heavy atom. The van der Waals surface area contributed by atoms with E-state index in [-0.39, 0.29) is 0 Å². The van der Waals surface area contributed by atoms with Gasteiger partial charge in [0.2, 0.25) is 5.88 Å². The Morgan fingerprint density at radius 2 is 2.06 bits per heavy atom. The number of hydrogen-bond acceptors (Lipinski definition) is 4. The van der Waals surface area contributed by atoms with Gasteiger partial charge in [-0.1, -0.05) is 12.1 Å². The first-order valence-electron chi connectivity index (χ1n) is 5.33. The van der Waals surface area contributed by atoms with Crippen molar-refractivity contribution < 1.29 is 4.74 Å². The molecule has 0 bridgehead atoms. The Balaban J connectivity index is 2.29. The fourth-order valence-corrected chi connectivity index (χ4v) is 1.53. The number of aromatic nitrogens is 1. The van der Waals surface area contributed by atoms with Crippen molar-refractivity contribution in [2.45, 2.75) is 6.92 Å². The predicted octanol–water partition coefficient (Wildman–Crippen LogP) is 2.72. The van der Waals surface area contributed by atoms with Crippen molar-refractivity contribution in [3.63, 3.8) is 0 Å². The molecular weight excluding hydrogens is 214 g/mol. The van der Waals surface area contributed by atoms with E-state index in [4.69, 9.17) is 10.5 Å². The van der Waals surface area contributed by atoms with E-state index in [1.54, 1.807) is 19.2 Å². The highest BCUT2D eigenvalue weighted by atomic mass is 16.5. The molecule has 0 aliphatic heterocycles. The van der Waals surface area contributed by atoms with Gasteiger partial charge in [-0.2, -0.15) is 4.98 Å². The molecule has 0 radical (unpaired) electrons. The van der Waals surface area contributed by atoms with Crippen LogP contribution >= 0.6 is 0 Å². The van der Waals surface area contributed by atoms with Gasteiger partial charge >= 0.3 is 0 Å². The second kappa shape index (κ2) is 4.74. The number of nitrogens with two attached hydrogens (primary N) is 1. The van der Waals surface area contributed by atoms with E-state index in [1.807, 2.05) is 31.2 Å². The number of nitrogen functional groups attached to an aromatic ring is 1. The quantitative estimate of drug-likeness (QED) is 0.849. The monoisotopic (exact) mass is 229 g/mol. The first-order chi connectivity index (χ1) is 8.19. The number of ether oxygens (including phenoxy) is 1. The lowest BCUT2D eigenvalue weighted by Crippen LogP contribution is -2.00. The second-order valence-corrected chi connectivity index (χ2v) is 3.79. The standard InChI is InChI=1S/C13H15N3O/c1-9-4-3-5-10(8-9)15-13-11(14)6-7-12(16-13)17-2/h3-8H,14H2,1-2H3,(H,15,16). The van der Waals surface area contributed by atoms with Crippen LogP contribution in [0.5, 0.6) is 5.88 Å². The minimum Gasteiger partial charge on any atom is -0.481 e. The SMILES string of the molecule is COc1ccc(N)c(Nc2cccc(C)c2)n1. The molecule has 4 heteroatoms. The molecule has 2 aromatic rings. The molecule has 17 heavy (non-hydrogen) atoms. The summed E-state index contributed by atoms with van der Waals surface area (Å²) in [5.41, 5.74) is 8.57. The minimum atomic E-state index is 0.536. The molecule has 1 heterocycles. The molecule has 0 unspecified atom stereocenters. The lowest BCUT2D eigenvalue weighted by atomic mass is 10.2. The molecule has 0 amide bonds. The maximum Gasteiger partial charge on any atom is 0.215 e. The second-order valence-electron chi connectivity index (χ2n) is 3.79. The summed E-state index contributed by atoms with van der Waals surface area (Å²) in [5.74, 6) is 1.14. The van der Waals surface area contributed by atoms with Crippen LogP contribution in [0.4, 0.5) is 17.2 Å². The Hall–Kier alpha value is -2.23. The van der Waals surface area contributed by atoms with Crippen molar-refractivity contribution in [1.82, 2.24) is 4.98 Å². The third-order valence-corrected chi connectivity index (χ3v) is 2.39. The van der Waals surface area contributed by atoms with Gasteiger partial charge in [-0.3, -0.25) is 0 Å². The van der Waals surface area contributed by atoms with Gasteiger partial charge in [-0.15, -0.1) is 0 Å². The van der Waals surface area contributed by atoms with Crippen molar-refractivity contribution in [3.05, 3.63) is 42.0 Å². The third-order valence-electron chi connectivity index (χ3n) is 2.39. The molecule has 0 atom stereocenters. The summed E-state index contributed by atoms with van der Waals surface area (Å²) in [4.78, 5) is 4.26. The number of hydrogen-bond donors (Lipinski definition) is 2. The van der Waals surface area contributed by atoms with Gasteiger partial charge in [0.25, 0.3) is 0 Å². The minimum absolute atomic E-state index is 0.536. The normalized spacial score (nSPS) is 10.0. The van der Waals surface area contributed by atoms with E-state index in [0.29, 0.717) is 17.4 Å². The smallest absolute Gasteiger partial charge is 0.215 e. The fraction of sp³-hybridized carbons (Fsp3) is 0.154. The first-order valence-corrected chi connectivity index (χ1v) is 5.33. The largest absolute Gasteiger partial charge is 0.481 e. The summed E-state index contributed by atoms with van der Waals surface area (Å²) in [5, 5.41) is 3.17. The van der Waals surface area contributed by atoms with Crippen LogP contribution in [0.15, 0.2) is 36.4 Å². The molecule has 4 nitrogen and oxygen atoms in total. The highest BCUT2D eigenvalue weighted by molar-refractivity contribution is 5.69. The van der Waals surface area contributed by atoms with Crippen LogP contribution in [0.25, 0.3) is 0 Å². The van der Waals surface area contributed by atoms with Crippen LogP contribution in [-0.2, 0) is 0 Å². The van der Waals surface area contributed by atoms with Gasteiger partial charge in [-0.25, -0.2) is 0 Å². The molecule has 1 aromatic carbocycles. The lowest BCUT2D eigenvalue weighted by molar-refractivity contribution is 0.398. The summed E-state index contributed by atoms with van der Waals surface area (Å²) in [6, 6.07) is 11.5. The molecule has 0 aliphatic rings. The Kier molecular flexibility index (Phi) is 3.14. The number of anilines is 3. The third kappa shape index (κ3) is 2.66. The molecule has 3 N–H and O–H groups in total. The van der Waals surface area contributed by atoms with Crippen molar-refractivity contribution in [3.8, 4) is 5.88 Å². The van der Waals surface area contributed by atoms with Gasteiger partial charge in [0.15, 0.2) is 5.82 Å². The highest BCUT2D eigenvalue weighted by Gasteiger charge is 2.03. The molecule has 0 fully saturated rings. The molecule has 0 saturated heterocycles. The van der Waals surface area contributed by atoms with Gasteiger partial charge in [0, 0.05) is 11.8 Å². The van der Waals surface area contributed by atoms with Crippen molar-refractivity contribution in [2.24, 2.45) is 0 Å². The number of rotatable bonds is 3. The number of benzene rings is 1. The van der Waals surface area contributed by atoms with E-state index < -0.39 is 0 Å². The molecule has 2 rings (SSSR count).